The highest BCUT2D eigenvalue weighted by atomic mass is 35.5. The van der Waals surface area contributed by atoms with Crippen LogP contribution >= 0.6 is 11.6 Å². The molecule has 0 aliphatic carbocycles. The van der Waals surface area contributed by atoms with Gasteiger partial charge in [-0.1, -0.05) is 11.6 Å². The fourth-order valence-corrected chi connectivity index (χ4v) is 4.84. The maximum Gasteiger partial charge on any atom is 0.232 e. The number of alkyl halides is 1. The topological polar surface area (TPSA) is 87.7 Å². The number of fused-ring (bicyclic) bond motifs is 3. The largest absolute Gasteiger partial charge is 0.282 e. The van der Waals surface area contributed by atoms with Gasteiger partial charge in [0.2, 0.25) is 10.0 Å². The predicted octanol–water partition coefficient (Wildman–Crippen LogP) is 4.98. The van der Waals surface area contributed by atoms with E-state index in [4.69, 9.17) is 11.6 Å². The number of hydrogen-bond acceptors (Lipinski definition) is 4. The number of benzene rings is 2. The molecule has 0 radical (unpaired) electrons. The molecule has 2 aromatic heterocycles. The number of hydrogen-bond donors (Lipinski definition) is 2. The zero-order valence-corrected chi connectivity index (χ0v) is 17.4. The molecule has 0 bridgehead atoms. The van der Waals surface area contributed by atoms with Crippen molar-refractivity contribution in [1.29, 1.82) is 0 Å². The van der Waals surface area contributed by atoms with E-state index in [1.807, 2.05) is 13.0 Å². The van der Waals surface area contributed by atoms with Gasteiger partial charge in [-0.2, -0.15) is 5.10 Å². The van der Waals surface area contributed by atoms with E-state index in [-0.39, 0.29) is 22.7 Å². The van der Waals surface area contributed by atoms with Crippen LogP contribution in [0.15, 0.2) is 36.7 Å². The number of H-pyrrole nitrogens is 1. The molecule has 4 rings (SSSR count). The second-order valence-corrected chi connectivity index (χ2v) is 9.11. The molecular weight excluding hydrogens is 434 g/mol. The summed E-state index contributed by atoms with van der Waals surface area (Å²) in [7, 11) is -3.81. The minimum atomic E-state index is -3.81. The van der Waals surface area contributed by atoms with Crippen molar-refractivity contribution in [2.45, 2.75) is 13.3 Å². The van der Waals surface area contributed by atoms with Crippen molar-refractivity contribution in [3.63, 3.8) is 0 Å². The van der Waals surface area contributed by atoms with Gasteiger partial charge in [-0.15, -0.1) is 0 Å². The molecule has 2 aromatic carbocycles. The first kappa shape index (κ1) is 20.5. The Bertz CT molecular complexity index is 1370. The number of pyridine rings is 1. The molecule has 2 heterocycles. The van der Waals surface area contributed by atoms with Crippen LogP contribution in [0, 0.1) is 12.7 Å². The number of nitrogens with zero attached hydrogens (tertiary/aromatic N) is 2. The third kappa shape index (κ3) is 3.70. The van der Waals surface area contributed by atoms with Crippen LogP contribution in [-0.2, 0) is 10.0 Å². The number of anilines is 1. The molecule has 0 atom stereocenters. The third-order valence-corrected chi connectivity index (χ3v) is 6.56. The molecule has 0 amide bonds. The molecule has 2 N–H and O–H groups in total. The molecule has 0 spiro atoms. The second kappa shape index (κ2) is 7.81. The van der Waals surface area contributed by atoms with Gasteiger partial charge in [-0.05, 0) is 54.1 Å². The SMILES string of the molecule is Cc1cc2c(cnc3[nH]ncc32)cc1-c1c(F)ccc(NS(=O)(=O)CCCF)c1Cl. The van der Waals surface area contributed by atoms with E-state index in [2.05, 4.69) is 19.9 Å². The highest BCUT2D eigenvalue weighted by Crippen LogP contribution is 2.40. The van der Waals surface area contributed by atoms with Gasteiger partial charge in [0.1, 0.15) is 5.82 Å². The second-order valence-electron chi connectivity index (χ2n) is 6.89. The summed E-state index contributed by atoms with van der Waals surface area (Å²) in [6.07, 6.45) is 3.18. The summed E-state index contributed by atoms with van der Waals surface area (Å²) in [5, 5.41) is 9.23. The van der Waals surface area contributed by atoms with E-state index < -0.39 is 28.3 Å². The van der Waals surface area contributed by atoms with Gasteiger partial charge in [0.25, 0.3) is 0 Å². The molecule has 0 aliphatic heterocycles. The quantitative estimate of drug-likeness (QED) is 0.433. The average Bonchev–Trinajstić information content (AvgIpc) is 3.18. The summed E-state index contributed by atoms with van der Waals surface area (Å²) in [6, 6.07) is 6.05. The van der Waals surface area contributed by atoms with Crippen molar-refractivity contribution in [2.75, 3.05) is 17.1 Å². The smallest absolute Gasteiger partial charge is 0.232 e. The number of aryl methyl sites for hydroxylation is 1. The van der Waals surface area contributed by atoms with Gasteiger partial charge in [0.15, 0.2) is 5.65 Å². The minimum Gasteiger partial charge on any atom is -0.282 e. The Morgan fingerprint density at radius 3 is 2.77 bits per heavy atom. The van der Waals surface area contributed by atoms with Gasteiger partial charge in [0, 0.05) is 22.5 Å². The maximum atomic E-state index is 14.8. The molecule has 10 heteroatoms. The lowest BCUT2D eigenvalue weighted by atomic mass is 9.95. The number of aromatic nitrogens is 3. The summed E-state index contributed by atoms with van der Waals surface area (Å²) < 4.78 is 53.7. The van der Waals surface area contributed by atoms with E-state index in [9.17, 15) is 17.2 Å². The monoisotopic (exact) mass is 450 g/mol. The van der Waals surface area contributed by atoms with Crippen LogP contribution < -0.4 is 4.72 Å². The Labute approximate surface area is 176 Å². The molecule has 0 aliphatic rings. The third-order valence-electron chi connectivity index (χ3n) is 4.81. The normalized spacial score (nSPS) is 12.0. The number of aromatic amines is 1. The molecule has 0 fully saturated rings. The average molecular weight is 451 g/mol. The number of rotatable bonds is 6. The molecule has 156 valence electrons. The predicted molar refractivity (Wildman–Crippen MR) is 115 cm³/mol. The standard InChI is InChI=1S/C20H17ClF2N4O2S/c1-11-7-14-12(9-24-20-15(14)10-25-26-20)8-13(11)18-16(23)3-4-17(19(18)21)27-30(28,29)6-2-5-22/h3-4,7-10,27H,2,5-6H2,1H3,(H,24,25,26). The summed E-state index contributed by atoms with van der Waals surface area (Å²) in [4.78, 5) is 4.31. The van der Waals surface area contributed by atoms with E-state index in [1.165, 1.54) is 6.07 Å². The van der Waals surface area contributed by atoms with Crippen LogP contribution in [0.5, 0.6) is 0 Å². The Morgan fingerprint density at radius 1 is 1.20 bits per heavy atom. The zero-order chi connectivity index (χ0) is 21.5. The fourth-order valence-electron chi connectivity index (χ4n) is 3.38. The lowest BCUT2D eigenvalue weighted by molar-refractivity contribution is 0.484. The first-order valence-corrected chi connectivity index (χ1v) is 11.1. The van der Waals surface area contributed by atoms with Crippen LogP contribution in [0.1, 0.15) is 12.0 Å². The Morgan fingerprint density at radius 2 is 2.00 bits per heavy atom. The molecule has 4 aromatic rings. The first-order chi connectivity index (χ1) is 14.3. The van der Waals surface area contributed by atoms with Crippen LogP contribution in [-0.4, -0.2) is 36.0 Å². The van der Waals surface area contributed by atoms with Crippen LogP contribution in [0.3, 0.4) is 0 Å². The van der Waals surface area contributed by atoms with Crippen molar-refractivity contribution in [3.05, 3.63) is 53.1 Å². The lowest BCUT2D eigenvalue weighted by Gasteiger charge is -2.15. The van der Waals surface area contributed by atoms with Crippen molar-refractivity contribution >= 4 is 49.1 Å². The number of sulfonamides is 1. The number of halogens is 3. The summed E-state index contributed by atoms with van der Waals surface area (Å²) in [5.74, 6) is -0.986. The van der Waals surface area contributed by atoms with Gasteiger partial charge in [0.05, 0.1) is 29.3 Å². The molecule has 30 heavy (non-hydrogen) atoms. The van der Waals surface area contributed by atoms with Gasteiger partial charge >= 0.3 is 0 Å². The first-order valence-electron chi connectivity index (χ1n) is 9.08. The zero-order valence-electron chi connectivity index (χ0n) is 15.8. The number of nitrogens with one attached hydrogen (secondary N) is 2. The Balaban J connectivity index is 1.85. The highest BCUT2D eigenvalue weighted by molar-refractivity contribution is 7.92. The van der Waals surface area contributed by atoms with Crippen LogP contribution in [0.25, 0.3) is 32.9 Å². The van der Waals surface area contributed by atoms with E-state index >= 15 is 0 Å². The minimum absolute atomic E-state index is 0.0369. The lowest BCUT2D eigenvalue weighted by Crippen LogP contribution is -2.17. The van der Waals surface area contributed by atoms with Crippen molar-refractivity contribution in [1.82, 2.24) is 15.2 Å². The highest BCUT2D eigenvalue weighted by Gasteiger charge is 2.20. The van der Waals surface area contributed by atoms with Crippen molar-refractivity contribution in [3.8, 4) is 11.1 Å². The summed E-state index contributed by atoms with van der Waals surface area (Å²) in [5.41, 5.74) is 2.02. The van der Waals surface area contributed by atoms with Gasteiger partial charge in [-0.25, -0.2) is 17.8 Å². The van der Waals surface area contributed by atoms with Gasteiger partial charge in [-0.3, -0.25) is 14.2 Å². The van der Waals surface area contributed by atoms with Crippen molar-refractivity contribution in [2.24, 2.45) is 0 Å². The molecular formula is C20H17ClF2N4O2S. The van der Waals surface area contributed by atoms with Crippen LogP contribution in [0.2, 0.25) is 5.02 Å². The summed E-state index contributed by atoms with van der Waals surface area (Å²) in [6.45, 7) is 1.06. The molecule has 0 saturated heterocycles. The van der Waals surface area contributed by atoms with Gasteiger partial charge < -0.3 is 0 Å². The Kier molecular flexibility index (Phi) is 5.33. The van der Waals surface area contributed by atoms with Crippen LogP contribution in [0.4, 0.5) is 14.5 Å². The van der Waals surface area contributed by atoms with E-state index in [0.29, 0.717) is 11.2 Å². The summed E-state index contributed by atoms with van der Waals surface area (Å²) >= 11 is 6.42. The maximum absolute atomic E-state index is 14.8. The van der Waals surface area contributed by atoms with E-state index in [0.717, 1.165) is 27.8 Å². The van der Waals surface area contributed by atoms with Crippen molar-refractivity contribution < 1.29 is 17.2 Å². The molecule has 0 saturated carbocycles. The fraction of sp³-hybridized carbons (Fsp3) is 0.200. The molecule has 0 unspecified atom stereocenters. The Hall–Kier alpha value is -2.78. The molecule has 6 nitrogen and oxygen atoms in total. The van der Waals surface area contributed by atoms with E-state index in [1.54, 1.807) is 18.5 Å².